The van der Waals surface area contributed by atoms with E-state index in [-0.39, 0.29) is 6.61 Å². The van der Waals surface area contributed by atoms with Crippen LogP contribution < -0.4 is 24.4 Å². The molecule has 0 saturated carbocycles. The molecule has 3 rings (SSSR count). The lowest BCUT2D eigenvalue weighted by atomic mass is 10.2. The van der Waals surface area contributed by atoms with Gasteiger partial charge < -0.3 is 18.9 Å². The molecule has 3 aromatic carbocycles. The molecule has 0 aliphatic rings. The van der Waals surface area contributed by atoms with Crippen molar-refractivity contribution in [2.45, 2.75) is 19.8 Å². The minimum atomic E-state index is -0.472. The van der Waals surface area contributed by atoms with Crippen LogP contribution in [-0.2, 0) is 4.79 Å². The molecular weight excluding hydrogens is 448 g/mol. The second kappa shape index (κ2) is 13.4. The van der Waals surface area contributed by atoms with Crippen LogP contribution in [-0.4, -0.2) is 38.4 Å². The van der Waals surface area contributed by atoms with Gasteiger partial charge in [-0.05, 0) is 84.8 Å². The first-order valence-electron chi connectivity index (χ1n) is 11.2. The van der Waals surface area contributed by atoms with Crippen LogP contribution in [0.15, 0.2) is 77.9 Å². The molecule has 0 spiro atoms. The Balaban J connectivity index is 1.40. The highest BCUT2D eigenvalue weighted by molar-refractivity contribution is 5.91. The second-order valence-corrected chi connectivity index (χ2v) is 7.44. The Kier molecular flexibility index (Phi) is 9.68. The Labute approximate surface area is 204 Å². The molecule has 0 unspecified atom stereocenters. The molecule has 182 valence electrons. The lowest BCUT2D eigenvalue weighted by Gasteiger charge is -2.08. The topological polar surface area (TPSA) is 95.5 Å². The van der Waals surface area contributed by atoms with Crippen molar-refractivity contribution in [3.8, 4) is 23.0 Å². The number of hydrogen-bond donors (Lipinski definition) is 1. The van der Waals surface area contributed by atoms with Crippen molar-refractivity contribution in [2.75, 3.05) is 20.3 Å². The lowest BCUT2D eigenvalue weighted by molar-refractivity contribution is -0.123. The fourth-order valence-electron chi connectivity index (χ4n) is 2.84. The van der Waals surface area contributed by atoms with Crippen LogP contribution in [0.1, 0.15) is 35.7 Å². The number of nitrogens with zero attached hydrogens (tertiary/aromatic N) is 1. The van der Waals surface area contributed by atoms with Crippen LogP contribution in [0.3, 0.4) is 0 Å². The zero-order valence-electron chi connectivity index (χ0n) is 19.7. The van der Waals surface area contributed by atoms with Crippen LogP contribution >= 0.6 is 0 Å². The van der Waals surface area contributed by atoms with Gasteiger partial charge in [0.05, 0.1) is 25.5 Å². The molecule has 1 amide bonds. The van der Waals surface area contributed by atoms with Crippen molar-refractivity contribution in [3.05, 3.63) is 83.9 Å². The molecule has 8 heteroatoms. The monoisotopic (exact) mass is 476 g/mol. The summed E-state index contributed by atoms with van der Waals surface area (Å²) in [6.07, 6.45) is 3.56. The Morgan fingerprint density at radius 1 is 0.829 bits per heavy atom. The third-order valence-electron chi connectivity index (χ3n) is 4.78. The SMILES string of the molecule is CCCCOc1ccc(OCC(=O)N/N=C\c2ccc(OC(=O)c3ccc(OC)cc3)cc2)cc1. The number of ether oxygens (including phenoxy) is 4. The maximum absolute atomic E-state index is 12.2. The summed E-state index contributed by atoms with van der Waals surface area (Å²) in [6.45, 7) is 2.61. The van der Waals surface area contributed by atoms with Crippen molar-refractivity contribution < 1.29 is 28.5 Å². The highest BCUT2D eigenvalue weighted by Crippen LogP contribution is 2.18. The predicted octanol–water partition coefficient (Wildman–Crippen LogP) is 4.62. The molecule has 1 N–H and O–H groups in total. The van der Waals surface area contributed by atoms with Crippen LogP contribution in [0, 0.1) is 0 Å². The van der Waals surface area contributed by atoms with Crippen LogP contribution in [0.4, 0.5) is 0 Å². The zero-order chi connectivity index (χ0) is 24.9. The van der Waals surface area contributed by atoms with Crippen molar-refractivity contribution in [1.29, 1.82) is 0 Å². The van der Waals surface area contributed by atoms with Gasteiger partial charge in [-0.25, -0.2) is 10.2 Å². The Hall–Kier alpha value is -4.33. The smallest absolute Gasteiger partial charge is 0.343 e. The number of methoxy groups -OCH3 is 1. The Morgan fingerprint density at radius 2 is 1.43 bits per heavy atom. The van der Waals surface area contributed by atoms with E-state index in [1.54, 1.807) is 79.9 Å². The van der Waals surface area contributed by atoms with E-state index in [1.807, 2.05) is 0 Å². The lowest BCUT2D eigenvalue weighted by Crippen LogP contribution is -2.24. The largest absolute Gasteiger partial charge is 0.497 e. The summed E-state index contributed by atoms with van der Waals surface area (Å²) in [5, 5.41) is 3.92. The number of rotatable bonds is 12. The number of amides is 1. The molecule has 0 aliphatic heterocycles. The van der Waals surface area contributed by atoms with E-state index in [9.17, 15) is 9.59 Å². The maximum atomic E-state index is 12.2. The molecule has 3 aromatic rings. The highest BCUT2D eigenvalue weighted by Gasteiger charge is 2.08. The van der Waals surface area contributed by atoms with Gasteiger partial charge in [0, 0.05) is 0 Å². The number of nitrogens with one attached hydrogen (secondary N) is 1. The van der Waals surface area contributed by atoms with Gasteiger partial charge in [-0.1, -0.05) is 13.3 Å². The third-order valence-corrected chi connectivity index (χ3v) is 4.78. The molecule has 0 heterocycles. The zero-order valence-corrected chi connectivity index (χ0v) is 19.7. The van der Waals surface area contributed by atoms with Crippen LogP contribution in [0.25, 0.3) is 0 Å². The summed E-state index contributed by atoms with van der Waals surface area (Å²) >= 11 is 0. The first-order chi connectivity index (χ1) is 17.1. The van der Waals surface area contributed by atoms with Gasteiger partial charge in [-0.15, -0.1) is 0 Å². The first-order valence-corrected chi connectivity index (χ1v) is 11.2. The summed E-state index contributed by atoms with van der Waals surface area (Å²) in [5.41, 5.74) is 3.54. The third kappa shape index (κ3) is 8.51. The minimum Gasteiger partial charge on any atom is -0.497 e. The number of benzene rings is 3. The Morgan fingerprint density at radius 3 is 2.06 bits per heavy atom. The highest BCUT2D eigenvalue weighted by atomic mass is 16.5. The van der Waals surface area contributed by atoms with E-state index < -0.39 is 11.9 Å². The summed E-state index contributed by atoms with van der Waals surface area (Å²) < 4.78 is 21.5. The van der Waals surface area contributed by atoms with E-state index in [4.69, 9.17) is 18.9 Å². The van der Waals surface area contributed by atoms with E-state index in [2.05, 4.69) is 17.5 Å². The molecule has 0 atom stereocenters. The second-order valence-electron chi connectivity index (χ2n) is 7.44. The molecule has 0 radical (unpaired) electrons. The summed E-state index contributed by atoms with van der Waals surface area (Å²) in [5.74, 6) is 1.51. The van der Waals surface area contributed by atoms with E-state index in [0.29, 0.717) is 35.0 Å². The van der Waals surface area contributed by atoms with Crippen molar-refractivity contribution in [1.82, 2.24) is 5.43 Å². The molecule has 0 fully saturated rings. The van der Waals surface area contributed by atoms with Gasteiger partial charge in [0.2, 0.25) is 0 Å². The molecule has 0 saturated heterocycles. The molecule has 8 nitrogen and oxygen atoms in total. The predicted molar refractivity (Wildman–Crippen MR) is 132 cm³/mol. The average molecular weight is 477 g/mol. The van der Waals surface area contributed by atoms with Gasteiger partial charge >= 0.3 is 5.97 Å². The molecule has 35 heavy (non-hydrogen) atoms. The van der Waals surface area contributed by atoms with Gasteiger partial charge in [0.15, 0.2) is 6.61 Å². The maximum Gasteiger partial charge on any atom is 0.343 e. The standard InChI is InChI=1S/C27H28N2O6/c1-3-4-17-33-23-13-15-24(16-14-23)34-19-26(30)29-28-18-20-5-9-25(10-6-20)35-27(31)21-7-11-22(32-2)12-8-21/h5-16,18H,3-4,17,19H2,1-2H3,(H,29,30)/b28-18-. The average Bonchev–Trinajstić information content (AvgIpc) is 2.89. The van der Waals surface area contributed by atoms with Crippen molar-refractivity contribution in [2.24, 2.45) is 5.10 Å². The van der Waals surface area contributed by atoms with Gasteiger partial charge in [0.25, 0.3) is 5.91 Å². The number of esters is 1. The molecule has 0 bridgehead atoms. The van der Waals surface area contributed by atoms with E-state index in [0.717, 1.165) is 18.6 Å². The van der Waals surface area contributed by atoms with E-state index >= 15 is 0 Å². The molecular formula is C27H28N2O6. The normalized spacial score (nSPS) is 10.6. The van der Waals surface area contributed by atoms with Crippen LogP contribution in [0.2, 0.25) is 0 Å². The van der Waals surface area contributed by atoms with Gasteiger partial charge in [-0.2, -0.15) is 5.10 Å². The van der Waals surface area contributed by atoms with Crippen molar-refractivity contribution >= 4 is 18.1 Å². The summed E-state index contributed by atoms with van der Waals surface area (Å²) in [6, 6.07) is 20.5. The number of hydrazone groups is 1. The van der Waals surface area contributed by atoms with E-state index in [1.165, 1.54) is 6.21 Å². The Bertz CT molecular complexity index is 1110. The fourth-order valence-corrected chi connectivity index (χ4v) is 2.84. The first kappa shape index (κ1) is 25.3. The van der Waals surface area contributed by atoms with Crippen molar-refractivity contribution in [3.63, 3.8) is 0 Å². The molecule has 0 aromatic heterocycles. The fraction of sp³-hybridized carbons (Fsp3) is 0.222. The van der Waals surface area contributed by atoms with Crippen LogP contribution in [0.5, 0.6) is 23.0 Å². The van der Waals surface area contributed by atoms with Gasteiger partial charge in [-0.3, -0.25) is 4.79 Å². The number of carbonyl (C=O) groups is 2. The quantitative estimate of drug-likeness (QED) is 0.135. The summed E-state index contributed by atoms with van der Waals surface area (Å²) in [4.78, 5) is 24.2. The number of carbonyl (C=O) groups excluding carboxylic acids is 2. The van der Waals surface area contributed by atoms with Gasteiger partial charge in [0.1, 0.15) is 23.0 Å². The minimum absolute atomic E-state index is 0.173. The summed E-state index contributed by atoms with van der Waals surface area (Å²) in [7, 11) is 1.56. The number of unbranched alkanes of at least 4 members (excludes halogenated alkanes) is 1. The number of hydrogen-bond acceptors (Lipinski definition) is 7. The molecule has 0 aliphatic carbocycles.